The lowest BCUT2D eigenvalue weighted by atomic mass is 10.0. The molecule has 3 N–H and O–H groups in total. The fourth-order valence-corrected chi connectivity index (χ4v) is 1.65. The maximum absolute atomic E-state index is 5.99. The predicted octanol–water partition coefficient (Wildman–Crippen LogP) is 0.789. The van der Waals surface area contributed by atoms with Gasteiger partial charge >= 0.3 is 0 Å². The molecule has 1 fully saturated rings. The zero-order valence-corrected chi connectivity index (χ0v) is 6.89. The monoisotopic (exact) mass is 151 g/mol. The summed E-state index contributed by atoms with van der Waals surface area (Å²) in [6.07, 6.45) is 4.61. The van der Waals surface area contributed by atoms with E-state index in [1.807, 2.05) is 6.20 Å². The van der Waals surface area contributed by atoms with E-state index < -0.39 is 0 Å². The first-order chi connectivity index (χ1) is 5.06. The maximum Gasteiger partial charge on any atom is 0.0921 e. The van der Waals surface area contributed by atoms with Gasteiger partial charge in [-0.3, -0.25) is 0 Å². The Morgan fingerprint density at radius 2 is 2.27 bits per heavy atom. The normalized spacial score (nSPS) is 42.5. The van der Waals surface area contributed by atoms with E-state index in [0.29, 0.717) is 0 Å². The van der Waals surface area contributed by atoms with Gasteiger partial charge in [-0.05, 0) is 13.3 Å². The van der Waals surface area contributed by atoms with Crippen LogP contribution in [-0.2, 0) is 5.41 Å². The van der Waals surface area contributed by atoms with Crippen molar-refractivity contribution < 1.29 is 0 Å². The largest absolute Gasteiger partial charge is 0.348 e. The van der Waals surface area contributed by atoms with E-state index in [-0.39, 0.29) is 11.0 Å². The number of rotatable bonds is 1. The summed E-state index contributed by atoms with van der Waals surface area (Å²) in [5.41, 5.74) is 7.23. The first-order valence-electron chi connectivity index (χ1n) is 3.84. The van der Waals surface area contributed by atoms with E-state index in [1.165, 1.54) is 0 Å². The summed E-state index contributed by atoms with van der Waals surface area (Å²) >= 11 is 0. The highest BCUT2D eigenvalue weighted by atomic mass is 15.0. The quantitative estimate of drug-likeness (QED) is 0.623. The highest BCUT2D eigenvalue weighted by Crippen LogP contribution is 2.54. The average molecular weight is 151 g/mol. The Bertz CT molecular complexity index is 263. The van der Waals surface area contributed by atoms with Crippen LogP contribution >= 0.6 is 0 Å². The maximum atomic E-state index is 5.99. The summed E-state index contributed by atoms with van der Waals surface area (Å²) in [7, 11) is 0. The molecule has 0 spiro atoms. The number of H-pyrrole nitrogens is 1. The van der Waals surface area contributed by atoms with Crippen molar-refractivity contribution >= 4 is 0 Å². The molecule has 1 heterocycles. The highest BCUT2D eigenvalue weighted by molar-refractivity contribution is 5.33. The molecule has 11 heavy (non-hydrogen) atoms. The number of nitrogens with zero attached hydrogens (tertiary/aromatic N) is 1. The second kappa shape index (κ2) is 1.67. The zero-order chi connectivity index (χ0) is 8.11. The van der Waals surface area contributed by atoms with Gasteiger partial charge in [0, 0.05) is 22.8 Å². The van der Waals surface area contributed by atoms with Gasteiger partial charge in [-0.2, -0.15) is 0 Å². The van der Waals surface area contributed by atoms with E-state index >= 15 is 0 Å². The highest BCUT2D eigenvalue weighted by Gasteiger charge is 2.60. The first kappa shape index (κ1) is 6.85. The summed E-state index contributed by atoms with van der Waals surface area (Å²) in [6, 6.07) is 0. The molecule has 2 rings (SSSR count). The third kappa shape index (κ3) is 0.744. The molecule has 2 atom stereocenters. The predicted molar refractivity (Wildman–Crippen MR) is 43.1 cm³/mol. The topological polar surface area (TPSA) is 54.7 Å². The van der Waals surface area contributed by atoms with Gasteiger partial charge in [0.15, 0.2) is 0 Å². The van der Waals surface area contributed by atoms with Crippen molar-refractivity contribution in [2.75, 3.05) is 0 Å². The van der Waals surface area contributed by atoms with Crippen LogP contribution in [0.15, 0.2) is 12.5 Å². The number of hydrogen-bond acceptors (Lipinski definition) is 2. The van der Waals surface area contributed by atoms with Gasteiger partial charge in [-0.15, -0.1) is 0 Å². The standard InChI is InChI=1S/C8H13N3/c1-7(4-8(7,2)9)6-3-10-5-11-6/h3,5H,4,9H2,1-2H3,(H,10,11)/t7-,8+/m1/s1. The Hall–Kier alpha value is -0.830. The van der Waals surface area contributed by atoms with Gasteiger partial charge in [-0.1, -0.05) is 6.92 Å². The van der Waals surface area contributed by atoms with Crippen LogP contribution in [0.2, 0.25) is 0 Å². The second-order valence-corrected chi connectivity index (χ2v) is 3.89. The molecular weight excluding hydrogens is 138 g/mol. The molecule has 3 nitrogen and oxygen atoms in total. The van der Waals surface area contributed by atoms with Gasteiger partial charge in [-0.25, -0.2) is 4.98 Å². The molecule has 1 saturated carbocycles. The minimum atomic E-state index is -0.0421. The van der Waals surface area contributed by atoms with Crippen molar-refractivity contribution in [3.8, 4) is 0 Å². The van der Waals surface area contributed by atoms with Crippen LogP contribution in [0.4, 0.5) is 0 Å². The van der Waals surface area contributed by atoms with E-state index in [4.69, 9.17) is 5.73 Å². The van der Waals surface area contributed by atoms with E-state index in [0.717, 1.165) is 12.1 Å². The van der Waals surface area contributed by atoms with Gasteiger partial charge in [0.2, 0.25) is 0 Å². The molecule has 1 aromatic rings. The Morgan fingerprint density at radius 1 is 1.64 bits per heavy atom. The molecule has 1 aliphatic rings. The molecule has 0 amide bonds. The number of nitrogens with one attached hydrogen (secondary N) is 1. The lowest BCUT2D eigenvalue weighted by Gasteiger charge is -2.11. The van der Waals surface area contributed by atoms with Crippen LogP contribution in [-0.4, -0.2) is 15.5 Å². The van der Waals surface area contributed by atoms with Crippen LogP contribution in [0.3, 0.4) is 0 Å². The van der Waals surface area contributed by atoms with Crippen LogP contribution in [0.25, 0.3) is 0 Å². The average Bonchev–Trinajstić information content (AvgIpc) is 2.36. The molecular formula is C8H13N3. The van der Waals surface area contributed by atoms with Crippen molar-refractivity contribution in [2.45, 2.75) is 31.2 Å². The van der Waals surface area contributed by atoms with Crippen LogP contribution in [0.1, 0.15) is 26.0 Å². The van der Waals surface area contributed by atoms with Crippen molar-refractivity contribution in [3.05, 3.63) is 18.2 Å². The van der Waals surface area contributed by atoms with E-state index in [9.17, 15) is 0 Å². The Balaban J connectivity index is 2.33. The third-order valence-electron chi connectivity index (χ3n) is 2.95. The molecule has 3 heteroatoms. The molecule has 0 bridgehead atoms. The molecule has 0 unspecified atom stereocenters. The lowest BCUT2D eigenvalue weighted by molar-refractivity contribution is 0.599. The van der Waals surface area contributed by atoms with E-state index in [1.54, 1.807) is 6.33 Å². The van der Waals surface area contributed by atoms with Crippen molar-refractivity contribution in [1.29, 1.82) is 0 Å². The van der Waals surface area contributed by atoms with Crippen molar-refractivity contribution in [2.24, 2.45) is 5.73 Å². The number of nitrogens with two attached hydrogens (primary N) is 1. The van der Waals surface area contributed by atoms with Crippen LogP contribution in [0, 0.1) is 0 Å². The number of aromatic nitrogens is 2. The fraction of sp³-hybridized carbons (Fsp3) is 0.625. The molecule has 60 valence electrons. The van der Waals surface area contributed by atoms with Crippen molar-refractivity contribution in [1.82, 2.24) is 9.97 Å². The number of aromatic amines is 1. The fourth-order valence-electron chi connectivity index (χ4n) is 1.65. The summed E-state index contributed by atoms with van der Waals surface area (Å²) in [5, 5.41) is 0. The zero-order valence-electron chi connectivity index (χ0n) is 6.89. The minimum absolute atomic E-state index is 0.0421. The summed E-state index contributed by atoms with van der Waals surface area (Å²) in [6.45, 7) is 4.24. The van der Waals surface area contributed by atoms with E-state index in [2.05, 4.69) is 23.8 Å². The molecule has 0 saturated heterocycles. The van der Waals surface area contributed by atoms with Gasteiger partial charge in [0.25, 0.3) is 0 Å². The van der Waals surface area contributed by atoms with Gasteiger partial charge < -0.3 is 10.7 Å². The van der Waals surface area contributed by atoms with Crippen LogP contribution in [0.5, 0.6) is 0 Å². The molecule has 1 aliphatic carbocycles. The van der Waals surface area contributed by atoms with Crippen LogP contribution < -0.4 is 5.73 Å². The summed E-state index contributed by atoms with van der Waals surface area (Å²) in [4.78, 5) is 7.09. The molecule has 0 radical (unpaired) electrons. The lowest BCUT2D eigenvalue weighted by Crippen LogP contribution is -2.27. The summed E-state index contributed by atoms with van der Waals surface area (Å²) in [5.74, 6) is 0. The van der Waals surface area contributed by atoms with Gasteiger partial charge in [0.1, 0.15) is 0 Å². The van der Waals surface area contributed by atoms with Gasteiger partial charge in [0.05, 0.1) is 6.33 Å². The molecule has 0 aromatic carbocycles. The van der Waals surface area contributed by atoms with Crippen molar-refractivity contribution in [3.63, 3.8) is 0 Å². The Labute approximate surface area is 66.0 Å². The molecule has 0 aliphatic heterocycles. The number of imidazole rings is 1. The second-order valence-electron chi connectivity index (χ2n) is 3.89. The first-order valence-corrected chi connectivity index (χ1v) is 3.84. The number of hydrogen-bond donors (Lipinski definition) is 2. The molecule has 1 aromatic heterocycles. The summed E-state index contributed by atoms with van der Waals surface area (Å²) < 4.78 is 0. The minimum Gasteiger partial charge on any atom is -0.348 e. The SMILES string of the molecule is C[C@]1(N)C[C@]1(C)c1cnc[nH]1. The Kier molecular flexibility index (Phi) is 1.04. The third-order valence-corrected chi connectivity index (χ3v) is 2.95. The Morgan fingerprint density at radius 3 is 2.64 bits per heavy atom. The smallest absolute Gasteiger partial charge is 0.0921 e.